The zero-order chi connectivity index (χ0) is 15.9. The van der Waals surface area contributed by atoms with Crippen LogP contribution in [0.4, 0.5) is 5.69 Å². The third-order valence-corrected chi connectivity index (χ3v) is 4.30. The van der Waals surface area contributed by atoms with Gasteiger partial charge in [-0.2, -0.15) is 5.10 Å². The van der Waals surface area contributed by atoms with E-state index in [0.717, 1.165) is 18.7 Å². The lowest BCUT2D eigenvalue weighted by atomic mass is 9.86. The minimum absolute atomic E-state index is 0.0627. The summed E-state index contributed by atoms with van der Waals surface area (Å²) in [6.45, 7) is 9.22. The summed E-state index contributed by atoms with van der Waals surface area (Å²) in [7, 11) is 0. The number of aromatic nitrogens is 3. The molecule has 1 amide bonds. The Morgan fingerprint density at radius 3 is 2.73 bits per heavy atom. The summed E-state index contributed by atoms with van der Waals surface area (Å²) >= 11 is 0. The molecule has 0 bridgehead atoms. The van der Waals surface area contributed by atoms with Crippen LogP contribution < -0.4 is 4.90 Å². The van der Waals surface area contributed by atoms with E-state index in [1.807, 2.05) is 11.8 Å². The van der Waals surface area contributed by atoms with Gasteiger partial charge in [0.15, 0.2) is 0 Å². The van der Waals surface area contributed by atoms with Crippen molar-refractivity contribution in [3.05, 3.63) is 42.0 Å². The Bertz CT molecular complexity index is 685. The second-order valence-electron chi connectivity index (χ2n) is 6.88. The molecule has 1 atom stereocenters. The lowest BCUT2D eigenvalue weighted by molar-refractivity contribution is -0.121. The Balaban J connectivity index is 1.87. The smallest absolute Gasteiger partial charge is 0.251 e. The summed E-state index contributed by atoms with van der Waals surface area (Å²) in [4.78, 5) is 18.5. The van der Waals surface area contributed by atoms with Gasteiger partial charge in [0.2, 0.25) is 0 Å². The quantitative estimate of drug-likeness (QED) is 0.856. The molecule has 1 unspecified atom stereocenters. The van der Waals surface area contributed by atoms with Crippen LogP contribution in [0.1, 0.15) is 44.9 Å². The number of carbonyl (C=O) groups is 1. The molecule has 0 spiro atoms. The van der Waals surface area contributed by atoms with Gasteiger partial charge in [-0.25, -0.2) is 9.67 Å². The number of carbonyl (C=O) groups excluding carboxylic acids is 1. The fourth-order valence-corrected chi connectivity index (χ4v) is 2.85. The molecular weight excluding hydrogens is 276 g/mol. The SMILES string of the molecule is CC(C(=O)N1CCc2cc(C(C)(C)C)ccc21)n1cncn1. The standard InChI is InChI=1S/C17H22N4O/c1-12(21-11-18-10-19-21)16(22)20-8-7-13-9-14(17(2,3)4)5-6-15(13)20/h5-6,9-12H,7-8H2,1-4H3. The Morgan fingerprint density at radius 2 is 2.09 bits per heavy atom. The predicted octanol–water partition coefficient (Wildman–Crippen LogP) is 2.73. The van der Waals surface area contributed by atoms with Gasteiger partial charge in [-0.15, -0.1) is 0 Å². The van der Waals surface area contributed by atoms with E-state index in [1.54, 1.807) is 11.0 Å². The van der Waals surface area contributed by atoms with E-state index in [4.69, 9.17) is 0 Å². The van der Waals surface area contributed by atoms with Gasteiger partial charge in [-0.05, 0) is 36.0 Å². The summed E-state index contributed by atoms with van der Waals surface area (Å²) < 4.78 is 1.60. The molecule has 3 rings (SSSR count). The van der Waals surface area contributed by atoms with E-state index in [1.165, 1.54) is 17.5 Å². The van der Waals surface area contributed by atoms with E-state index < -0.39 is 0 Å². The van der Waals surface area contributed by atoms with Crippen molar-refractivity contribution in [3.63, 3.8) is 0 Å². The molecule has 1 aromatic heterocycles. The van der Waals surface area contributed by atoms with E-state index in [-0.39, 0.29) is 17.4 Å². The monoisotopic (exact) mass is 298 g/mol. The second-order valence-corrected chi connectivity index (χ2v) is 6.88. The zero-order valence-electron chi connectivity index (χ0n) is 13.6. The molecular formula is C17H22N4O. The highest BCUT2D eigenvalue weighted by molar-refractivity contribution is 5.97. The molecule has 2 aromatic rings. The molecule has 5 nitrogen and oxygen atoms in total. The lowest BCUT2D eigenvalue weighted by Gasteiger charge is -2.23. The van der Waals surface area contributed by atoms with Gasteiger partial charge in [-0.3, -0.25) is 4.79 Å². The van der Waals surface area contributed by atoms with Gasteiger partial charge in [0.05, 0.1) is 0 Å². The number of rotatable bonds is 2. The summed E-state index contributed by atoms with van der Waals surface area (Å²) in [5.41, 5.74) is 3.72. The first-order chi connectivity index (χ1) is 10.4. The minimum Gasteiger partial charge on any atom is -0.310 e. The summed E-state index contributed by atoms with van der Waals surface area (Å²) in [5.74, 6) is 0.0627. The Hall–Kier alpha value is -2.17. The average Bonchev–Trinajstić information content (AvgIpc) is 3.13. The fraction of sp³-hybridized carbons (Fsp3) is 0.471. The highest BCUT2D eigenvalue weighted by Crippen LogP contribution is 2.33. The van der Waals surface area contributed by atoms with Crippen molar-refractivity contribution in [3.8, 4) is 0 Å². The normalized spacial score (nSPS) is 15.7. The second kappa shape index (κ2) is 5.23. The molecule has 22 heavy (non-hydrogen) atoms. The minimum atomic E-state index is -0.337. The van der Waals surface area contributed by atoms with Crippen LogP contribution >= 0.6 is 0 Å². The van der Waals surface area contributed by atoms with Crippen LogP contribution in [0.2, 0.25) is 0 Å². The van der Waals surface area contributed by atoms with Gasteiger partial charge >= 0.3 is 0 Å². The van der Waals surface area contributed by atoms with Crippen molar-refractivity contribution in [1.29, 1.82) is 0 Å². The van der Waals surface area contributed by atoms with E-state index >= 15 is 0 Å². The molecule has 0 N–H and O–H groups in total. The molecule has 5 heteroatoms. The molecule has 0 aliphatic carbocycles. The third-order valence-electron chi connectivity index (χ3n) is 4.30. The summed E-state index contributed by atoms with van der Waals surface area (Å²) in [6.07, 6.45) is 3.95. The van der Waals surface area contributed by atoms with Gasteiger partial charge < -0.3 is 4.90 Å². The molecule has 2 heterocycles. The van der Waals surface area contributed by atoms with Crippen molar-refractivity contribution in [1.82, 2.24) is 14.8 Å². The van der Waals surface area contributed by atoms with E-state index in [2.05, 4.69) is 49.1 Å². The van der Waals surface area contributed by atoms with Crippen molar-refractivity contribution in [2.75, 3.05) is 11.4 Å². The van der Waals surface area contributed by atoms with Gasteiger partial charge in [-0.1, -0.05) is 32.9 Å². The number of anilines is 1. The number of benzene rings is 1. The zero-order valence-corrected chi connectivity index (χ0v) is 13.6. The largest absolute Gasteiger partial charge is 0.310 e. The average molecular weight is 298 g/mol. The predicted molar refractivity (Wildman–Crippen MR) is 85.9 cm³/mol. The van der Waals surface area contributed by atoms with E-state index in [9.17, 15) is 4.79 Å². The Kier molecular flexibility index (Phi) is 3.51. The number of fused-ring (bicyclic) bond motifs is 1. The summed E-state index contributed by atoms with van der Waals surface area (Å²) in [6, 6.07) is 6.11. The highest BCUT2D eigenvalue weighted by atomic mass is 16.2. The molecule has 0 fully saturated rings. The number of hydrogen-bond acceptors (Lipinski definition) is 3. The van der Waals surface area contributed by atoms with Gasteiger partial charge in [0, 0.05) is 12.2 Å². The number of hydrogen-bond donors (Lipinski definition) is 0. The van der Waals surface area contributed by atoms with Crippen LogP contribution in [-0.2, 0) is 16.6 Å². The first kappa shape index (κ1) is 14.8. The molecule has 0 saturated heterocycles. The molecule has 1 aromatic carbocycles. The van der Waals surface area contributed by atoms with Crippen molar-refractivity contribution in [2.45, 2.75) is 45.6 Å². The summed E-state index contributed by atoms with van der Waals surface area (Å²) in [5, 5.41) is 4.07. The topological polar surface area (TPSA) is 51.0 Å². The molecule has 1 aliphatic heterocycles. The molecule has 0 radical (unpaired) electrons. The third kappa shape index (κ3) is 2.51. The maximum atomic E-state index is 12.7. The first-order valence-electron chi connectivity index (χ1n) is 7.67. The van der Waals surface area contributed by atoms with Crippen LogP contribution in [0, 0.1) is 0 Å². The Labute approximate surface area is 131 Å². The van der Waals surface area contributed by atoms with Crippen molar-refractivity contribution in [2.24, 2.45) is 0 Å². The van der Waals surface area contributed by atoms with Crippen molar-refractivity contribution >= 4 is 11.6 Å². The fourth-order valence-electron chi connectivity index (χ4n) is 2.85. The van der Waals surface area contributed by atoms with Crippen LogP contribution in [-0.4, -0.2) is 27.2 Å². The Morgan fingerprint density at radius 1 is 1.32 bits per heavy atom. The molecule has 1 aliphatic rings. The highest BCUT2D eigenvalue weighted by Gasteiger charge is 2.30. The lowest BCUT2D eigenvalue weighted by Crippen LogP contribution is -2.35. The maximum absolute atomic E-state index is 12.7. The van der Waals surface area contributed by atoms with Crippen molar-refractivity contribution < 1.29 is 4.79 Å². The van der Waals surface area contributed by atoms with Crippen LogP contribution in [0.3, 0.4) is 0 Å². The van der Waals surface area contributed by atoms with Crippen LogP contribution in [0.15, 0.2) is 30.9 Å². The van der Waals surface area contributed by atoms with E-state index in [0.29, 0.717) is 0 Å². The first-order valence-corrected chi connectivity index (χ1v) is 7.67. The maximum Gasteiger partial charge on any atom is 0.251 e. The number of nitrogens with zero attached hydrogens (tertiary/aromatic N) is 4. The molecule has 0 saturated carbocycles. The van der Waals surface area contributed by atoms with Crippen LogP contribution in [0.25, 0.3) is 0 Å². The van der Waals surface area contributed by atoms with Gasteiger partial charge in [0.25, 0.3) is 5.91 Å². The number of amides is 1. The molecule has 116 valence electrons. The van der Waals surface area contributed by atoms with Gasteiger partial charge in [0.1, 0.15) is 18.7 Å². The van der Waals surface area contributed by atoms with Crippen LogP contribution in [0.5, 0.6) is 0 Å².